The summed E-state index contributed by atoms with van der Waals surface area (Å²) in [5, 5.41) is 10.0. The van der Waals surface area contributed by atoms with Crippen LogP contribution in [0.4, 0.5) is 34.1 Å². The standard InChI is InChI=1S/C12H13BrN3.2C12H14N3.ClI.6ClH/c1-15-8-5-10(6-9-15)14-11-4-3-7-16(2)12(11)13;2*1-14-8-5-11(6-9-14)13-12-4-3-7-15(2)10-12;1-2;;;;;;/h3-9H,1-2H3;2*3-10H,1-2H3;;6*1H/q3*+1;;;;;;;/p-3. The summed E-state index contributed by atoms with van der Waals surface area (Å²) in [4.78, 5) is 0. The second kappa shape index (κ2) is 31.7. The lowest BCUT2D eigenvalue weighted by molar-refractivity contribution is -0.681. The van der Waals surface area contributed by atoms with Crippen molar-refractivity contribution in [3.63, 3.8) is 0 Å². The van der Waals surface area contributed by atoms with Crippen LogP contribution in [0.1, 0.15) is 0 Å². The van der Waals surface area contributed by atoms with Crippen molar-refractivity contribution in [1.82, 2.24) is 0 Å². The topological polar surface area (TPSA) is 59.4 Å². The molecule has 0 saturated heterocycles. The number of nitrogens with one attached hydrogen (secondary N) is 3. The summed E-state index contributed by atoms with van der Waals surface area (Å²) in [5.74, 6) is 0. The van der Waals surface area contributed by atoms with E-state index < -0.39 is 0 Å². The van der Waals surface area contributed by atoms with Crippen molar-refractivity contribution in [1.29, 1.82) is 0 Å². The molecule has 6 heterocycles. The van der Waals surface area contributed by atoms with Crippen molar-refractivity contribution in [2.24, 2.45) is 42.3 Å². The van der Waals surface area contributed by atoms with Crippen LogP contribution >= 0.6 is 46.3 Å². The molecular formula is C36H44BrCl7IN9. The summed E-state index contributed by atoms with van der Waals surface area (Å²) in [6.07, 6.45) is 22.2. The van der Waals surface area contributed by atoms with Gasteiger partial charge in [-0.05, 0) is 27.1 Å². The Balaban J connectivity index is -0.000000322. The molecule has 0 radical (unpaired) electrons. The van der Waals surface area contributed by atoms with Gasteiger partial charge in [-0.15, -0.1) is 0 Å². The number of halogens is 9. The molecule has 0 amide bonds. The van der Waals surface area contributed by atoms with Crippen LogP contribution in [-0.2, 0) is 42.3 Å². The predicted molar refractivity (Wildman–Crippen MR) is 203 cm³/mol. The number of aryl methyl sites for hydroxylation is 6. The highest BCUT2D eigenvalue weighted by molar-refractivity contribution is 14.1. The summed E-state index contributed by atoms with van der Waals surface area (Å²) in [7, 11) is 16.6. The highest BCUT2D eigenvalue weighted by Gasteiger charge is 2.09. The Hall–Kier alpha value is -2.46. The van der Waals surface area contributed by atoms with E-state index in [4.69, 9.17) is 0 Å². The molecule has 0 atom stereocenters. The first-order chi connectivity index (χ1) is 23.1. The normalized spacial score (nSPS) is 8.69. The molecule has 0 unspecified atom stereocenters. The van der Waals surface area contributed by atoms with E-state index in [2.05, 4.69) is 40.8 Å². The number of hydrogen-bond acceptors (Lipinski definition) is 3. The molecule has 0 saturated carbocycles. The lowest BCUT2D eigenvalue weighted by atomic mass is 10.3. The number of pyridine rings is 6. The number of anilines is 6. The Morgan fingerprint density at radius 2 is 0.722 bits per heavy atom. The van der Waals surface area contributed by atoms with E-state index in [1.54, 1.807) is 21.5 Å². The monoisotopic (exact) mass is 1050 g/mol. The van der Waals surface area contributed by atoms with Crippen molar-refractivity contribution in [3.05, 3.63) is 146 Å². The molecule has 54 heavy (non-hydrogen) atoms. The van der Waals surface area contributed by atoms with Crippen LogP contribution in [0.5, 0.6) is 0 Å². The molecule has 6 rings (SSSR count). The number of rotatable bonds is 6. The Kier molecular flexibility index (Phi) is 34.2. The number of hydrogen-bond donors (Lipinski definition) is 3. The molecule has 6 aromatic heterocycles. The van der Waals surface area contributed by atoms with E-state index >= 15 is 0 Å². The molecule has 0 fully saturated rings. The molecule has 0 aliphatic rings. The van der Waals surface area contributed by atoms with E-state index in [0.29, 0.717) is 0 Å². The predicted octanol–water partition coefficient (Wildman–Crippen LogP) is -12.4. The van der Waals surface area contributed by atoms with E-state index in [9.17, 15) is 0 Å². The fraction of sp³-hybridized carbons (Fsp3) is 0.167. The molecule has 0 bridgehead atoms. The maximum absolute atomic E-state index is 4.61. The largest absolute Gasteiger partial charge is 1.00 e. The summed E-state index contributed by atoms with van der Waals surface area (Å²) < 4.78 is 13.1. The molecule has 0 spiro atoms. The van der Waals surface area contributed by atoms with E-state index in [1.807, 2.05) is 211 Å². The first kappa shape index (κ1) is 58.3. The van der Waals surface area contributed by atoms with Crippen molar-refractivity contribution >= 4 is 80.4 Å². The minimum Gasteiger partial charge on any atom is -1.00 e. The molecule has 0 aliphatic carbocycles. The van der Waals surface area contributed by atoms with Crippen LogP contribution in [0, 0.1) is 0 Å². The zero-order chi connectivity index (χ0) is 34.9. The van der Waals surface area contributed by atoms with Crippen LogP contribution in [0.15, 0.2) is 146 Å². The van der Waals surface area contributed by atoms with E-state index in [0.717, 1.165) is 38.7 Å². The zero-order valence-corrected chi connectivity index (χ0v) is 39.4. The van der Waals surface area contributed by atoms with Gasteiger partial charge in [0.05, 0.1) is 17.1 Å². The van der Waals surface area contributed by atoms with Crippen molar-refractivity contribution in [2.75, 3.05) is 16.0 Å². The maximum Gasteiger partial charge on any atom is 0.271 e. The Morgan fingerprint density at radius 1 is 0.407 bits per heavy atom. The van der Waals surface area contributed by atoms with Gasteiger partial charge in [0.1, 0.15) is 59.3 Å². The minimum atomic E-state index is 0. The summed E-state index contributed by atoms with van der Waals surface area (Å²) in [5.41, 5.74) is 6.50. The smallest absolute Gasteiger partial charge is 0.271 e. The molecule has 9 nitrogen and oxygen atoms in total. The Bertz CT molecular complexity index is 1770. The molecule has 296 valence electrons. The van der Waals surface area contributed by atoms with E-state index in [-0.39, 0.29) is 74.4 Å². The minimum absolute atomic E-state index is 0. The van der Waals surface area contributed by atoms with Crippen LogP contribution in [-0.4, -0.2) is 0 Å². The van der Waals surface area contributed by atoms with Crippen molar-refractivity contribution < 1.29 is 102 Å². The lowest BCUT2D eigenvalue weighted by Crippen LogP contribution is -3.00. The third kappa shape index (κ3) is 21.6. The van der Waals surface area contributed by atoms with Crippen molar-refractivity contribution in [2.45, 2.75) is 0 Å². The Labute approximate surface area is 382 Å². The van der Waals surface area contributed by atoms with Gasteiger partial charge in [-0.3, -0.25) is 0 Å². The average Bonchev–Trinajstić information content (AvgIpc) is 3.08. The second-order valence-corrected chi connectivity index (χ2v) is 11.7. The number of aromatic nitrogens is 6. The summed E-state index contributed by atoms with van der Waals surface area (Å²) in [6, 6.07) is 24.5. The highest BCUT2D eigenvalue weighted by Crippen LogP contribution is 2.21. The average molecular weight is 1060 g/mol. The third-order valence-electron chi connectivity index (χ3n) is 6.78. The molecular weight excluding hydrogens is 1010 g/mol. The molecule has 0 aliphatic heterocycles. The highest BCUT2D eigenvalue weighted by atomic mass is 127. The molecule has 6 aromatic rings. The van der Waals surface area contributed by atoms with Gasteiger partial charge in [-0.1, -0.05) is 0 Å². The van der Waals surface area contributed by atoms with Gasteiger partial charge < -0.3 is 90.4 Å². The van der Waals surface area contributed by atoms with Gasteiger partial charge >= 0.3 is 0 Å². The van der Waals surface area contributed by atoms with Gasteiger partial charge in [0.15, 0.2) is 68.2 Å². The van der Waals surface area contributed by atoms with Crippen LogP contribution < -0.4 is 118 Å². The van der Waals surface area contributed by atoms with Crippen LogP contribution in [0.3, 0.4) is 0 Å². The third-order valence-corrected chi connectivity index (χ3v) is 7.76. The lowest BCUT2D eigenvalue weighted by Gasteiger charge is -2.05. The fourth-order valence-electron chi connectivity index (χ4n) is 4.25. The first-order valence-electron chi connectivity index (χ1n) is 15.0. The van der Waals surface area contributed by atoms with Gasteiger partial charge in [0.2, 0.25) is 0 Å². The van der Waals surface area contributed by atoms with Crippen molar-refractivity contribution in [3.8, 4) is 0 Å². The van der Waals surface area contributed by atoms with Gasteiger partial charge in [0, 0.05) is 92.0 Å². The van der Waals surface area contributed by atoms with Crippen LogP contribution in [0.2, 0.25) is 0 Å². The van der Waals surface area contributed by atoms with Gasteiger partial charge in [0.25, 0.3) is 4.60 Å². The zero-order valence-electron chi connectivity index (χ0n) is 30.4. The number of nitrogens with zero attached hydrogens (tertiary/aromatic N) is 6. The van der Waals surface area contributed by atoms with Crippen LogP contribution in [0.25, 0.3) is 0 Å². The first-order valence-corrected chi connectivity index (χ1v) is 18.5. The molecule has 18 heteroatoms. The van der Waals surface area contributed by atoms with Gasteiger partial charge in [-0.25, -0.2) is 22.8 Å². The Morgan fingerprint density at radius 3 is 1.06 bits per heavy atom. The second-order valence-electron chi connectivity index (χ2n) is 11.0. The molecule has 0 aromatic carbocycles. The quantitative estimate of drug-likeness (QED) is 0.0885. The summed E-state index contributed by atoms with van der Waals surface area (Å²) in [6.45, 7) is 0. The molecule has 3 N–H and O–H groups in total. The van der Waals surface area contributed by atoms with Gasteiger partial charge in [-0.2, -0.15) is 4.57 Å². The summed E-state index contributed by atoms with van der Waals surface area (Å²) >= 11 is 5.17. The van der Waals surface area contributed by atoms with E-state index in [1.165, 1.54) is 0 Å². The fourth-order valence-corrected chi connectivity index (χ4v) is 4.60. The maximum atomic E-state index is 4.61. The SMILES string of the molecule is C[n+]1ccc(Nc2ccc[n+](C)c2)cc1.C[n+]1ccc(Nc2ccc[n+](C)c2)cc1.C[n+]1ccc(Nc2ccc[n+](C)c2Br)cc1.ClI.[Cl-].[Cl-].[Cl-].[Cl-].[Cl-].[Cl-].